The van der Waals surface area contributed by atoms with Gasteiger partial charge >= 0.3 is 0 Å². The second-order valence-corrected chi connectivity index (χ2v) is 1.96. The molecule has 0 aliphatic carbocycles. The summed E-state index contributed by atoms with van der Waals surface area (Å²) in [5.41, 5.74) is 0.833. The molecule has 1 aromatic rings. The lowest BCUT2D eigenvalue weighted by Crippen LogP contribution is -1.97. The van der Waals surface area contributed by atoms with Crippen molar-refractivity contribution in [3.63, 3.8) is 0 Å². The second kappa shape index (κ2) is 2.51. The molecule has 0 saturated heterocycles. The molecule has 0 fully saturated rings. The fourth-order valence-corrected chi connectivity index (χ4v) is 0.746. The number of carbonyl (C=O) groups excluding carboxylic acids is 1. The van der Waals surface area contributed by atoms with E-state index in [1.54, 1.807) is 13.1 Å². The molecule has 0 saturated carbocycles. The lowest BCUT2D eigenvalue weighted by Gasteiger charge is -1.93. The molecule has 0 radical (unpaired) electrons. The van der Waals surface area contributed by atoms with Crippen molar-refractivity contribution < 1.29 is 9.53 Å². The van der Waals surface area contributed by atoms with Gasteiger partial charge in [-0.25, -0.2) is 4.68 Å². The SMILES string of the molecule is Cc1cc(OC=O)n(C)n1. The number of carbonyl (C=O) groups is 1. The van der Waals surface area contributed by atoms with Crippen LogP contribution in [0, 0.1) is 6.92 Å². The zero-order valence-electron chi connectivity index (χ0n) is 5.87. The van der Waals surface area contributed by atoms with Gasteiger partial charge in [0, 0.05) is 13.1 Å². The van der Waals surface area contributed by atoms with Crippen LogP contribution in [-0.4, -0.2) is 16.3 Å². The van der Waals surface area contributed by atoms with Gasteiger partial charge in [-0.05, 0) is 6.92 Å². The summed E-state index contributed by atoms with van der Waals surface area (Å²) >= 11 is 0. The summed E-state index contributed by atoms with van der Waals surface area (Å²) in [6.07, 6.45) is 0. The van der Waals surface area contributed by atoms with Crippen LogP contribution in [0.3, 0.4) is 0 Å². The second-order valence-electron chi connectivity index (χ2n) is 1.96. The minimum atomic E-state index is 0.385. The highest BCUT2D eigenvalue weighted by Gasteiger charge is 2.00. The highest BCUT2D eigenvalue weighted by atomic mass is 16.5. The van der Waals surface area contributed by atoms with Crippen molar-refractivity contribution in [2.45, 2.75) is 6.92 Å². The number of hydrogen-bond donors (Lipinski definition) is 0. The molecule has 54 valence electrons. The average Bonchev–Trinajstić information content (AvgIpc) is 2.13. The molecule has 0 amide bonds. The van der Waals surface area contributed by atoms with Gasteiger partial charge in [0.15, 0.2) is 0 Å². The van der Waals surface area contributed by atoms with Gasteiger partial charge in [0.1, 0.15) is 0 Å². The van der Waals surface area contributed by atoms with Crippen LogP contribution in [0.1, 0.15) is 5.69 Å². The first-order valence-electron chi connectivity index (χ1n) is 2.85. The normalized spacial score (nSPS) is 9.40. The Morgan fingerprint density at radius 1 is 1.80 bits per heavy atom. The number of rotatable bonds is 2. The monoisotopic (exact) mass is 140 g/mol. The van der Waals surface area contributed by atoms with Gasteiger partial charge < -0.3 is 4.74 Å². The first-order chi connectivity index (χ1) is 4.74. The summed E-state index contributed by atoms with van der Waals surface area (Å²) < 4.78 is 6.08. The molecule has 1 heterocycles. The zero-order chi connectivity index (χ0) is 7.56. The fourth-order valence-electron chi connectivity index (χ4n) is 0.746. The highest BCUT2D eigenvalue weighted by molar-refractivity contribution is 5.43. The minimum absolute atomic E-state index is 0.385. The van der Waals surface area contributed by atoms with Crippen LogP contribution in [0.15, 0.2) is 6.07 Å². The van der Waals surface area contributed by atoms with Crippen molar-refractivity contribution in [1.29, 1.82) is 0 Å². The molecule has 0 N–H and O–H groups in total. The maximum Gasteiger partial charge on any atom is 0.299 e. The predicted molar refractivity (Wildman–Crippen MR) is 34.6 cm³/mol. The van der Waals surface area contributed by atoms with Crippen molar-refractivity contribution in [3.8, 4) is 5.88 Å². The molecule has 0 aliphatic heterocycles. The van der Waals surface area contributed by atoms with Crippen LogP contribution in [0.25, 0.3) is 0 Å². The molecule has 0 unspecified atom stereocenters. The van der Waals surface area contributed by atoms with Gasteiger partial charge in [-0.1, -0.05) is 0 Å². The van der Waals surface area contributed by atoms with Crippen molar-refractivity contribution >= 4 is 6.47 Å². The number of aryl methyl sites for hydroxylation is 2. The summed E-state index contributed by atoms with van der Waals surface area (Å²) in [4.78, 5) is 9.87. The fraction of sp³-hybridized carbons (Fsp3) is 0.333. The van der Waals surface area contributed by atoms with Gasteiger partial charge in [-0.15, -0.1) is 0 Å². The molecule has 10 heavy (non-hydrogen) atoms. The Hall–Kier alpha value is -1.32. The van der Waals surface area contributed by atoms with Crippen molar-refractivity contribution in [3.05, 3.63) is 11.8 Å². The number of nitrogens with zero attached hydrogens (tertiary/aromatic N) is 2. The Bertz CT molecular complexity index is 242. The molecule has 4 heteroatoms. The van der Waals surface area contributed by atoms with E-state index in [9.17, 15) is 4.79 Å². The van der Waals surface area contributed by atoms with E-state index in [-0.39, 0.29) is 0 Å². The summed E-state index contributed by atoms with van der Waals surface area (Å²) in [6, 6.07) is 1.69. The molecule has 1 aromatic heterocycles. The van der Waals surface area contributed by atoms with Crippen molar-refractivity contribution in [1.82, 2.24) is 9.78 Å². The van der Waals surface area contributed by atoms with Crippen LogP contribution in [0.5, 0.6) is 5.88 Å². The van der Waals surface area contributed by atoms with Crippen LogP contribution in [-0.2, 0) is 11.8 Å². The smallest absolute Gasteiger partial charge is 0.299 e. The minimum Gasteiger partial charge on any atom is -0.410 e. The summed E-state index contributed by atoms with van der Waals surface area (Å²) in [7, 11) is 1.71. The van der Waals surface area contributed by atoms with Gasteiger partial charge in [0.25, 0.3) is 6.47 Å². The molecule has 0 atom stereocenters. The van der Waals surface area contributed by atoms with Crippen LogP contribution in [0.2, 0.25) is 0 Å². The lowest BCUT2D eigenvalue weighted by molar-refractivity contribution is -0.121. The molecule has 1 rings (SSSR count). The average molecular weight is 140 g/mol. The number of ether oxygens (including phenoxy) is 1. The quantitative estimate of drug-likeness (QED) is 0.553. The largest absolute Gasteiger partial charge is 0.410 e. The highest BCUT2D eigenvalue weighted by Crippen LogP contribution is 2.08. The molecule has 0 aromatic carbocycles. The van der Waals surface area contributed by atoms with Crippen LogP contribution in [0.4, 0.5) is 0 Å². The van der Waals surface area contributed by atoms with Gasteiger partial charge in [-0.2, -0.15) is 5.10 Å². The van der Waals surface area contributed by atoms with Crippen molar-refractivity contribution in [2.24, 2.45) is 7.05 Å². The Balaban J connectivity index is 2.91. The summed E-state index contributed by atoms with van der Waals surface area (Å²) in [5.74, 6) is 0.465. The third-order valence-electron chi connectivity index (χ3n) is 1.13. The molecular formula is C6H8N2O2. The van der Waals surface area contributed by atoms with E-state index in [0.717, 1.165) is 5.69 Å². The topological polar surface area (TPSA) is 44.1 Å². The Kier molecular flexibility index (Phi) is 1.71. The standard InChI is InChI=1S/C6H8N2O2/c1-5-3-6(10-4-9)8(2)7-5/h3-4H,1-2H3. The molecule has 4 nitrogen and oxygen atoms in total. The van der Waals surface area contributed by atoms with E-state index < -0.39 is 0 Å². The summed E-state index contributed by atoms with van der Waals surface area (Å²) in [6.45, 7) is 2.22. The van der Waals surface area contributed by atoms with E-state index in [4.69, 9.17) is 0 Å². The van der Waals surface area contributed by atoms with E-state index in [1.165, 1.54) is 4.68 Å². The lowest BCUT2D eigenvalue weighted by atomic mass is 10.5. The molecule has 0 aliphatic rings. The van der Waals surface area contributed by atoms with E-state index in [1.807, 2.05) is 6.92 Å². The van der Waals surface area contributed by atoms with Crippen molar-refractivity contribution in [2.75, 3.05) is 0 Å². The maximum absolute atomic E-state index is 9.87. The first-order valence-corrected chi connectivity index (χ1v) is 2.85. The van der Waals surface area contributed by atoms with E-state index in [2.05, 4.69) is 9.84 Å². The molecule has 0 bridgehead atoms. The van der Waals surface area contributed by atoms with E-state index in [0.29, 0.717) is 12.4 Å². The molecule has 0 spiro atoms. The number of hydrogen-bond acceptors (Lipinski definition) is 3. The Morgan fingerprint density at radius 2 is 2.50 bits per heavy atom. The Morgan fingerprint density at radius 3 is 2.90 bits per heavy atom. The molecular weight excluding hydrogens is 132 g/mol. The zero-order valence-corrected chi connectivity index (χ0v) is 5.87. The third kappa shape index (κ3) is 1.15. The van der Waals surface area contributed by atoms with Gasteiger partial charge in [0.05, 0.1) is 5.69 Å². The van der Waals surface area contributed by atoms with Crippen LogP contribution >= 0.6 is 0 Å². The third-order valence-corrected chi connectivity index (χ3v) is 1.13. The predicted octanol–water partition coefficient (Wildman–Crippen LogP) is 0.264. The van der Waals surface area contributed by atoms with Gasteiger partial charge in [0.2, 0.25) is 5.88 Å². The van der Waals surface area contributed by atoms with Crippen LogP contribution < -0.4 is 4.74 Å². The number of aromatic nitrogens is 2. The van der Waals surface area contributed by atoms with Gasteiger partial charge in [-0.3, -0.25) is 4.79 Å². The van der Waals surface area contributed by atoms with E-state index >= 15 is 0 Å². The Labute approximate surface area is 58.4 Å². The summed E-state index contributed by atoms with van der Waals surface area (Å²) in [5, 5.41) is 3.96. The maximum atomic E-state index is 9.87. The first kappa shape index (κ1) is 6.80.